The van der Waals surface area contributed by atoms with Gasteiger partial charge < -0.3 is 0 Å². The minimum Gasteiger partial charge on any atom is -0.143 e. The molecule has 0 aliphatic rings. The molecular formula is C44H24S5. The van der Waals surface area contributed by atoms with Crippen molar-refractivity contribution in [3.63, 3.8) is 0 Å². The second-order valence-electron chi connectivity index (χ2n) is 12.5. The molecule has 49 heavy (non-hydrogen) atoms. The molecule has 0 amide bonds. The van der Waals surface area contributed by atoms with Crippen molar-refractivity contribution in [3.8, 4) is 43.1 Å². The third kappa shape index (κ3) is 4.58. The Morgan fingerprint density at radius 1 is 0.306 bits per heavy atom. The van der Waals surface area contributed by atoms with Gasteiger partial charge in [0.15, 0.2) is 0 Å². The molecule has 0 unspecified atom stereocenters. The Balaban J connectivity index is 0.923. The number of benzene rings is 6. The second-order valence-corrected chi connectivity index (χ2v) is 17.6. The van der Waals surface area contributed by atoms with Crippen molar-refractivity contribution in [1.82, 2.24) is 0 Å². The molecule has 6 aromatic carbocycles. The molecule has 11 aromatic rings. The van der Waals surface area contributed by atoms with Crippen LogP contribution in [-0.2, 0) is 0 Å². The highest BCUT2D eigenvalue weighted by Gasteiger charge is 2.14. The van der Waals surface area contributed by atoms with Gasteiger partial charge in [-0.05, 0) is 92.3 Å². The van der Waals surface area contributed by atoms with E-state index in [4.69, 9.17) is 0 Å². The first-order chi connectivity index (χ1) is 24.2. The van der Waals surface area contributed by atoms with Gasteiger partial charge in [-0.25, -0.2) is 0 Å². The normalized spacial score (nSPS) is 12.1. The first-order valence-corrected chi connectivity index (χ1v) is 20.4. The monoisotopic (exact) mass is 712 g/mol. The summed E-state index contributed by atoms with van der Waals surface area (Å²) in [6.45, 7) is 0. The van der Waals surface area contributed by atoms with Gasteiger partial charge in [-0.2, -0.15) is 0 Å². The molecule has 0 nitrogen and oxygen atoms in total. The van der Waals surface area contributed by atoms with E-state index in [1.165, 1.54) is 104 Å². The van der Waals surface area contributed by atoms with Crippen molar-refractivity contribution in [2.75, 3.05) is 0 Å². The largest absolute Gasteiger partial charge is 0.143 e. The molecule has 0 N–H and O–H groups in total. The van der Waals surface area contributed by atoms with Crippen LogP contribution in [-0.4, -0.2) is 0 Å². The lowest BCUT2D eigenvalue weighted by atomic mass is 10.0. The number of rotatable bonds is 4. The molecule has 5 heterocycles. The number of hydrogen-bond donors (Lipinski definition) is 0. The molecule has 0 atom stereocenters. The van der Waals surface area contributed by atoms with Crippen LogP contribution in [0.25, 0.3) is 104 Å². The molecule has 230 valence electrons. The third-order valence-electron chi connectivity index (χ3n) is 9.67. The highest BCUT2D eigenvalue weighted by atomic mass is 32.1. The quantitative estimate of drug-likeness (QED) is 0.170. The van der Waals surface area contributed by atoms with Crippen LogP contribution in [0.1, 0.15) is 0 Å². The van der Waals surface area contributed by atoms with Crippen LogP contribution >= 0.6 is 56.7 Å². The maximum atomic E-state index is 2.42. The van der Waals surface area contributed by atoms with Crippen LogP contribution in [0.3, 0.4) is 0 Å². The average molecular weight is 713 g/mol. The van der Waals surface area contributed by atoms with Crippen molar-refractivity contribution in [2.45, 2.75) is 0 Å². The van der Waals surface area contributed by atoms with Gasteiger partial charge in [-0.3, -0.25) is 0 Å². The van der Waals surface area contributed by atoms with E-state index in [1.807, 2.05) is 56.7 Å². The predicted octanol–water partition coefficient (Wildman–Crippen LogP) is 15.6. The fourth-order valence-electron chi connectivity index (χ4n) is 7.16. The molecule has 11 rings (SSSR count). The van der Waals surface area contributed by atoms with Gasteiger partial charge in [0.25, 0.3) is 0 Å². The summed E-state index contributed by atoms with van der Waals surface area (Å²) in [6.07, 6.45) is 0. The summed E-state index contributed by atoms with van der Waals surface area (Å²) in [5, 5.41) is 12.6. The lowest BCUT2D eigenvalue weighted by molar-refractivity contribution is 1.68. The van der Waals surface area contributed by atoms with Crippen LogP contribution in [0.4, 0.5) is 0 Å². The highest BCUT2D eigenvalue weighted by molar-refractivity contribution is 7.27. The summed E-state index contributed by atoms with van der Waals surface area (Å²) in [6, 6.07) is 50.0. The van der Waals surface area contributed by atoms with Crippen LogP contribution < -0.4 is 0 Å². The molecule has 0 bridgehead atoms. The standard InChI is InChI=1S/C44H24S5/c1-3-7-37-31(5-1)35(23-45-37)25-9-13-27(14-10-25)39-19-29-17-33-34-18-30-20-40(48-42(30)22-44(34)49-43(33)21-41(29)47-39)28-15-11-26(12-16-28)36-24-46-38-8-4-2-6-32(36)38/h1-24H. The zero-order valence-corrected chi connectivity index (χ0v) is 30.0. The number of hydrogen-bond acceptors (Lipinski definition) is 5. The average Bonchev–Trinajstić information content (AvgIpc) is 3.98. The zero-order chi connectivity index (χ0) is 32.1. The lowest BCUT2D eigenvalue weighted by Crippen LogP contribution is -1.77. The van der Waals surface area contributed by atoms with Crippen LogP contribution in [0.5, 0.6) is 0 Å². The van der Waals surface area contributed by atoms with Gasteiger partial charge in [-0.1, -0.05) is 84.9 Å². The first kappa shape index (κ1) is 28.2. The minimum atomic E-state index is 1.28. The predicted molar refractivity (Wildman–Crippen MR) is 223 cm³/mol. The summed E-state index contributed by atoms with van der Waals surface area (Å²) in [5.74, 6) is 0. The van der Waals surface area contributed by atoms with E-state index < -0.39 is 0 Å². The maximum Gasteiger partial charge on any atom is 0.0369 e. The fraction of sp³-hybridized carbons (Fsp3) is 0. The van der Waals surface area contributed by atoms with Crippen molar-refractivity contribution in [2.24, 2.45) is 0 Å². The van der Waals surface area contributed by atoms with Gasteiger partial charge in [0.1, 0.15) is 0 Å². The van der Waals surface area contributed by atoms with Gasteiger partial charge >= 0.3 is 0 Å². The lowest BCUT2D eigenvalue weighted by Gasteiger charge is -2.02. The smallest absolute Gasteiger partial charge is 0.0369 e. The van der Waals surface area contributed by atoms with Crippen LogP contribution in [0, 0.1) is 0 Å². The van der Waals surface area contributed by atoms with Gasteiger partial charge in [0.2, 0.25) is 0 Å². The summed E-state index contributed by atoms with van der Waals surface area (Å²) in [7, 11) is 0. The van der Waals surface area contributed by atoms with Crippen molar-refractivity contribution in [1.29, 1.82) is 0 Å². The van der Waals surface area contributed by atoms with E-state index in [-0.39, 0.29) is 0 Å². The van der Waals surface area contributed by atoms with Gasteiger partial charge in [-0.15, -0.1) is 56.7 Å². The third-order valence-corrected chi connectivity index (χ3v) is 15.0. The summed E-state index contributed by atoms with van der Waals surface area (Å²) in [5.41, 5.74) is 7.76. The fourth-order valence-corrected chi connectivity index (χ4v) is 12.6. The summed E-state index contributed by atoms with van der Waals surface area (Å²) >= 11 is 9.35. The Bertz CT molecular complexity index is 2820. The van der Waals surface area contributed by atoms with E-state index in [0.29, 0.717) is 0 Å². The molecule has 0 aliphatic carbocycles. The Hall–Kier alpha value is -4.62. The maximum absolute atomic E-state index is 2.42. The van der Waals surface area contributed by atoms with Crippen molar-refractivity contribution >= 4 is 117 Å². The molecule has 0 fully saturated rings. The number of fused-ring (bicyclic) bond motifs is 7. The molecule has 0 spiro atoms. The Kier molecular flexibility index (Phi) is 6.31. The van der Waals surface area contributed by atoms with Gasteiger partial charge in [0, 0.05) is 70.6 Å². The highest BCUT2D eigenvalue weighted by Crippen LogP contribution is 2.45. The van der Waals surface area contributed by atoms with Crippen molar-refractivity contribution in [3.05, 3.63) is 144 Å². The molecule has 0 radical (unpaired) electrons. The van der Waals surface area contributed by atoms with E-state index in [2.05, 4.69) is 144 Å². The van der Waals surface area contributed by atoms with Crippen LogP contribution in [0.2, 0.25) is 0 Å². The Labute approximate surface area is 302 Å². The SMILES string of the molecule is c1ccc2c(-c3ccc(-c4cc5cc6c(cc5s4)sc4cc5sc(-c7ccc(-c8csc9ccccc89)cc7)cc5cc46)cc3)csc2c1. The molecule has 0 saturated heterocycles. The summed E-state index contributed by atoms with van der Waals surface area (Å²) in [4.78, 5) is 2.64. The molecule has 5 heteroatoms. The van der Waals surface area contributed by atoms with E-state index >= 15 is 0 Å². The molecular weight excluding hydrogens is 689 g/mol. The Morgan fingerprint density at radius 2 is 0.735 bits per heavy atom. The second kappa shape index (κ2) is 10.9. The molecule has 5 aromatic heterocycles. The number of thiophene rings is 5. The zero-order valence-electron chi connectivity index (χ0n) is 25.9. The van der Waals surface area contributed by atoms with Crippen molar-refractivity contribution < 1.29 is 0 Å². The Morgan fingerprint density at radius 3 is 1.20 bits per heavy atom. The molecule has 0 aliphatic heterocycles. The van der Waals surface area contributed by atoms with E-state index in [1.54, 1.807) is 0 Å². The van der Waals surface area contributed by atoms with Gasteiger partial charge in [0.05, 0.1) is 0 Å². The van der Waals surface area contributed by atoms with E-state index in [0.717, 1.165) is 0 Å². The van der Waals surface area contributed by atoms with Crippen LogP contribution in [0.15, 0.2) is 144 Å². The molecule has 0 saturated carbocycles. The first-order valence-electron chi connectivity index (χ1n) is 16.2. The van der Waals surface area contributed by atoms with E-state index in [9.17, 15) is 0 Å². The minimum absolute atomic E-state index is 1.28. The summed E-state index contributed by atoms with van der Waals surface area (Å²) < 4.78 is 8.12. The topological polar surface area (TPSA) is 0 Å².